The number of rotatable bonds is 8. The number of halogens is 1. The van der Waals surface area contributed by atoms with Crippen molar-refractivity contribution in [1.29, 1.82) is 0 Å². The highest BCUT2D eigenvalue weighted by Crippen LogP contribution is 2.30. The van der Waals surface area contributed by atoms with Gasteiger partial charge in [0.2, 0.25) is 0 Å². The normalized spacial score (nSPS) is 16.2. The molecule has 1 aliphatic carbocycles. The zero-order valence-electron chi connectivity index (χ0n) is 17.7. The Morgan fingerprint density at radius 2 is 1.94 bits per heavy atom. The minimum atomic E-state index is -0.406. The number of amides is 1. The van der Waals surface area contributed by atoms with Crippen LogP contribution in [0.15, 0.2) is 36.4 Å². The molecule has 1 heterocycles. The second-order valence-corrected chi connectivity index (χ2v) is 8.23. The lowest BCUT2D eigenvalue weighted by atomic mass is 10.0. The Kier molecular flexibility index (Phi) is 6.39. The van der Waals surface area contributed by atoms with E-state index >= 15 is 0 Å². The van der Waals surface area contributed by atoms with Crippen LogP contribution in [0.2, 0.25) is 0 Å². The van der Waals surface area contributed by atoms with E-state index in [4.69, 9.17) is 4.74 Å². The first-order valence-electron chi connectivity index (χ1n) is 10.8. The van der Waals surface area contributed by atoms with Gasteiger partial charge in [-0.25, -0.2) is 4.39 Å². The number of Topliss-reactive ketones (excluding diaryl/α,β-unsaturated/α-hetero) is 1. The zero-order chi connectivity index (χ0) is 21.8. The van der Waals surface area contributed by atoms with Crippen LogP contribution in [0.4, 0.5) is 15.8 Å². The van der Waals surface area contributed by atoms with Crippen LogP contribution >= 0.6 is 0 Å². The van der Waals surface area contributed by atoms with Gasteiger partial charge < -0.3 is 20.3 Å². The van der Waals surface area contributed by atoms with Crippen molar-refractivity contribution in [3.8, 4) is 5.75 Å². The summed E-state index contributed by atoms with van der Waals surface area (Å²) in [5.41, 5.74) is 3.00. The third-order valence-corrected chi connectivity index (χ3v) is 5.86. The summed E-state index contributed by atoms with van der Waals surface area (Å²) in [6.07, 6.45) is 3.35. The van der Waals surface area contributed by atoms with Crippen molar-refractivity contribution in [3.63, 3.8) is 0 Å². The summed E-state index contributed by atoms with van der Waals surface area (Å²) in [6.45, 7) is 2.36. The molecule has 1 saturated heterocycles. The van der Waals surface area contributed by atoms with E-state index in [1.165, 1.54) is 26.0 Å². The monoisotopic (exact) mass is 425 g/mol. The van der Waals surface area contributed by atoms with Gasteiger partial charge in [-0.3, -0.25) is 9.59 Å². The first-order chi connectivity index (χ1) is 15.0. The molecule has 6 nitrogen and oxygen atoms in total. The Balaban J connectivity index is 1.51. The maximum atomic E-state index is 14.0. The molecule has 2 aromatic carbocycles. The van der Waals surface area contributed by atoms with Crippen LogP contribution in [0.1, 0.15) is 41.6 Å². The van der Waals surface area contributed by atoms with Crippen LogP contribution < -0.4 is 20.3 Å². The van der Waals surface area contributed by atoms with Gasteiger partial charge in [0.05, 0.1) is 12.7 Å². The predicted molar refractivity (Wildman–Crippen MR) is 118 cm³/mol. The molecule has 0 atom stereocenters. The molecule has 0 unspecified atom stereocenters. The van der Waals surface area contributed by atoms with Crippen LogP contribution in [0.25, 0.3) is 0 Å². The molecule has 0 bridgehead atoms. The lowest BCUT2D eigenvalue weighted by Gasteiger charge is -2.30. The second kappa shape index (κ2) is 9.37. The van der Waals surface area contributed by atoms with E-state index < -0.39 is 5.82 Å². The number of nitrogens with one attached hydrogen (secondary N) is 2. The Morgan fingerprint density at radius 1 is 1.16 bits per heavy atom. The second-order valence-electron chi connectivity index (χ2n) is 8.23. The van der Waals surface area contributed by atoms with E-state index in [0.29, 0.717) is 50.5 Å². The molecule has 0 radical (unpaired) electrons. The van der Waals surface area contributed by atoms with Gasteiger partial charge in [0, 0.05) is 50.4 Å². The first-order valence-corrected chi connectivity index (χ1v) is 10.8. The van der Waals surface area contributed by atoms with Crippen molar-refractivity contribution in [2.45, 2.75) is 32.2 Å². The molecule has 0 aromatic heterocycles. The molecule has 4 rings (SSSR count). The number of ether oxygens (including phenoxy) is 1. The Hall–Kier alpha value is -3.09. The standard InChI is InChI=1S/C24H28FN3O3/c1-31-23-7-4-17(12-21(23)25)15-26-18-5-6-22(28-10-8-19(29)9-11-28)20(13-18)24(30)27-14-16-2-3-16/h4-7,12-13,16,26H,2-3,8-11,14-15H2,1H3,(H,27,30). The first kappa shape index (κ1) is 21.2. The maximum Gasteiger partial charge on any atom is 0.253 e. The van der Waals surface area contributed by atoms with E-state index in [-0.39, 0.29) is 17.4 Å². The number of hydrogen-bond acceptors (Lipinski definition) is 5. The molecule has 1 saturated carbocycles. The SMILES string of the molecule is COc1ccc(CNc2ccc(N3CCC(=O)CC3)c(C(=O)NCC3CC3)c2)cc1F. The van der Waals surface area contributed by atoms with E-state index in [2.05, 4.69) is 15.5 Å². The van der Waals surface area contributed by atoms with Gasteiger partial charge in [-0.15, -0.1) is 0 Å². The molecule has 0 spiro atoms. The summed E-state index contributed by atoms with van der Waals surface area (Å²) in [5.74, 6) is 0.560. The van der Waals surface area contributed by atoms with Gasteiger partial charge in [0.15, 0.2) is 11.6 Å². The largest absolute Gasteiger partial charge is 0.494 e. The van der Waals surface area contributed by atoms with Gasteiger partial charge in [-0.1, -0.05) is 6.07 Å². The van der Waals surface area contributed by atoms with Gasteiger partial charge in [-0.2, -0.15) is 0 Å². The molecule has 7 heteroatoms. The van der Waals surface area contributed by atoms with Crippen LogP contribution in [-0.2, 0) is 11.3 Å². The summed E-state index contributed by atoms with van der Waals surface area (Å²) in [6, 6.07) is 10.5. The molecule has 2 fully saturated rings. The number of benzene rings is 2. The fourth-order valence-corrected chi connectivity index (χ4v) is 3.78. The quantitative estimate of drug-likeness (QED) is 0.674. The van der Waals surface area contributed by atoms with Crippen molar-refractivity contribution in [2.75, 3.05) is 37.0 Å². The van der Waals surface area contributed by atoms with Gasteiger partial charge in [-0.05, 0) is 54.7 Å². The number of methoxy groups -OCH3 is 1. The summed E-state index contributed by atoms with van der Waals surface area (Å²) in [5, 5.41) is 6.32. The number of hydrogen-bond donors (Lipinski definition) is 2. The van der Waals surface area contributed by atoms with Gasteiger partial charge in [0.1, 0.15) is 5.78 Å². The number of anilines is 2. The Bertz CT molecular complexity index is 965. The highest BCUT2D eigenvalue weighted by molar-refractivity contribution is 6.01. The number of piperidine rings is 1. The smallest absolute Gasteiger partial charge is 0.253 e. The fraction of sp³-hybridized carbons (Fsp3) is 0.417. The van der Waals surface area contributed by atoms with Crippen LogP contribution in [-0.4, -0.2) is 38.4 Å². The summed E-state index contributed by atoms with van der Waals surface area (Å²) < 4.78 is 18.9. The zero-order valence-corrected chi connectivity index (χ0v) is 17.7. The van der Waals surface area contributed by atoms with Crippen LogP contribution in [0, 0.1) is 11.7 Å². The van der Waals surface area contributed by atoms with E-state index in [1.807, 2.05) is 18.2 Å². The minimum Gasteiger partial charge on any atom is -0.494 e. The molecular formula is C24H28FN3O3. The van der Waals surface area contributed by atoms with Gasteiger partial charge >= 0.3 is 0 Å². The molecule has 31 heavy (non-hydrogen) atoms. The molecule has 1 amide bonds. The number of nitrogens with zero attached hydrogens (tertiary/aromatic N) is 1. The van der Waals surface area contributed by atoms with Crippen molar-refractivity contribution in [3.05, 3.63) is 53.3 Å². The van der Waals surface area contributed by atoms with Gasteiger partial charge in [0.25, 0.3) is 5.91 Å². The Labute approximate surface area is 181 Å². The van der Waals surface area contributed by atoms with E-state index in [1.54, 1.807) is 12.1 Å². The van der Waals surface area contributed by atoms with Crippen molar-refractivity contribution < 1.29 is 18.7 Å². The van der Waals surface area contributed by atoms with Crippen LogP contribution in [0.5, 0.6) is 5.75 Å². The average molecular weight is 426 g/mol. The molecule has 164 valence electrons. The third kappa shape index (κ3) is 5.34. The molecule has 2 aliphatic rings. The average Bonchev–Trinajstić information content (AvgIpc) is 3.61. The fourth-order valence-electron chi connectivity index (χ4n) is 3.78. The molecular weight excluding hydrogens is 397 g/mol. The number of carbonyl (C=O) groups is 2. The lowest BCUT2D eigenvalue weighted by molar-refractivity contribution is -0.119. The lowest BCUT2D eigenvalue weighted by Crippen LogP contribution is -2.36. The predicted octanol–water partition coefficient (Wildman–Crippen LogP) is 3.76. The number of ketones is 1. The highest BCUT2D eigenvalue weighted by atomic mass is 19.1. The Morgan fingerprint density at radius 3 is 2.61 bits per heavy atom. The summed E-state index contributed by atoms with van der Waals surface area (Å²) in [4.78, 5) is 26.7. The van der Waals surface area contributed by atoms with E-state index in [0.717, 1.165) is 16.9 Å². The van der Waals surface area contributed by atoms with Crippen molar-refractivity contribution in [2.24, 2.45) is 5.92 Å². The molecule has 2 N–H and O–H groups in total. The molecule has 1 aliphatic heterocycles. The molecule has 2 aromatic rings. The summed E-state index contributed by atoms with van der Waals surface area (Å²) in [7, 11) is 1.44. The highest BCUT2D eigenvalue weighted by Gasteiger charge is 2.25. The van der Waals surface area contributed by atoms with E-state index in [9.17, 15) is 14.0 Å². The van der Waals surface area contributed by atoms with Crippen molar-refractivity contribution in [1.82, 2.24) is 5.32 Å². The minimum absolute atomic E-state index is 0.0991. The maximum absolute atomic E-state index is 14.0. The topological polar surface area (TPSA) is 70.7 Å². The van der Waals surface area contributed by atoms with Crippen molar-refractivity contribution >= 4 is 23.1 Å². The number of carbonyl (C=O) groups excluding carboxylic acids is 2. The third-order valence-electron chi connectivity index (χ3n) is 5.86. The van der Waals surface area contributed by atoms with Crippen LogP contribution in [0.3, 0.4) is 0 Å². The summed E-state index contributed by atoms with van der Waals surface area (Å²) >= 11 is 0.